The number of fused-ring (bicyclic) bond motifs is 1. The van der Waals surface area contributed by atoms with Crippen LogP contribution in [0.5, 0.6) is 0 Å². The molecule has 0 bridgehead atoms. The summed E-state index contributed by atoms with van der Waals surface area (Å²) in [5.41, 5.74) is 2.73. The topological polar surface area (TPSA) is 57.5 Å². The first kappa shape index (κ1) is 26.8. The molecule has 7 heteroatoms. The van der Waals surface area contributed by atoms with Gasteiger partial charge in [0.1, 0.15) is 5.56 Å². The molecule has 32 heavy (non-hydrogen) atoms. The van der Waals surface area contributed by atoms with Gasteiger partial charge in [-0.2, -0.15) is 0 Å². The average Bonchev–Trinajstić information content (AvgIpc) is 2.68. The highest BCUT2D eigenvalue weighted by molar-refractivity contribution is 9.08. The van der Waals surface area contributed by atoms with Crippen molar-refractivity contribution in [2.24, 2.45) is 5.92 Å². The van der Waals surface area contributed by atoms with Crippen molar-refractivity contribution in [2.75, 3.05) is 13.2 Å². The number of carbonyl (C=O) groups is 1. The number of pyridine rings is 1. The molecule has 0 unspecified atom stereocenters. The second-order valence-electron chi connectivity index (χ2n) is 10.3. The molecule has 2 rings (SSSR count). The van der Waals surface area contributed by atoms with Crippen LogP contribution in [-0.4, -0.2) is 32.1 Å². The van der Waals surface area contributed by atoms with E-state index in [9.17, 15) is 9.59 Å². The largest absolute Gasteiger partial charge is 0.462 e. The Kier molecular flexibility index (Phi) is 8.56. The third-order valence-electron chi connectivity index (χ3n) is 6.68. The Morgan fingerprint density at radius 1 is 1.22 bits per heavy atom. The zero-order valence-corrected chi connectivity index (χ0v) is 23.6. The van der Waals surface area contributed by atoms with Gasteiger partial charge >= 0.3 is 5.97 Å². The van der Waals surface area contributed by atoms with Gasteiger partial charge in [0.05, 0.1) is 24.8 Å². The molecular formula is C25H38BrNO4Si. The van der Waals surface area contributed by atoms with Crippen LogP contribution in [0, 0.1) is 12.8 Å². The Balaban J connectivity index is 2.74. The number of carbonyl (C=O) groups excluding carboxylic acids is 1. The number of halogens is 1. The minimum atomic E-state index is -1.97. The van der Waals surface area contributed by atoms with E-state index in [1.807, 2.05) is 19.1 Å². The Morgan fingerprint density at radius 3 is 2.34 bits per heavy atom. The van der Waals surface area contributed by atoms with Gasteiger partial charge in [-0.05, 0) is 61.2 Å². The van der Waals surface area contributed by atoms with E-state index in [1.54, 1.807) is 13.1 Å². The molecule has 0 aliphatic rings. The molecule has 1 atom stereocenters. The minimum absolute atomic E-state index is 0.0328. The summed E-state index contributed by atoms with van der Waals surface area (Å²) >= 11 is 3.51. The Morgan fingerprint density at radius 2 is 1.84 bits per heavy atom. The highest BCUT2D eigenvalue weighted by Gasteiger charge is 2.38. The van der Waals surface area contributed by atoms with Crippen molar-refractivity contribution in [3.05, 3.63) is 45.2 Å². The summed E-state index contributed by atoms with van der Waals surface area (Å²) in [6.07, 6.45) is 1.68. The SMILES string of the molecule is CCOC(=O)c1cn([C@H](CO[Si](C)(C)C(C)(C)C)C(C)C)c2cc(C)c(CBr)cc2c1=O. The van der Waals surface area contributed by atoms with Gasteiger partial charge in [-0.1, -0.05) is 50.5 Å². The van der Waals surface area contributed by atoms with E-state index in [-0.39, 0.29) is 34.6 Å². The number of rotatable bonds is 8. The minimum Gasteiger partial charge on any atom is -0.462 e. The molecule has 0 amide bonds. The zero-order chi connectivity index (χ0) is 24.4. The molecule has 0 saturated heterocycles. The first-order valence-corrected chi connectivity index (χ1v) is 15.3. The molecule has 0 radical (unpaired) electrons. The number of hydrogen-bond donors (Lipinski definition) is 0. The number of ether oxygens (including phenoxy) is 1. The van der Waals surface area contributed by atoms with Crippen LogP contribution in [0.25, 0.3) is 10.9 Å². The fourth-order valence-corrected chi connectivity index (χ4v) is 5.05. The Labute approximate surface area is 201 Å². The summed E-state index contributed by atoms with van der Waals surface area (Å²) in [4.78, 5) is 25.9. The number of alkyl halides is 1. The van der Waals surface area contributed by atoms with E-state index in [4.69, 9.17) is 9.16 Å². The predicted molar refractivity (Wildman–Crippen MR) is 139 cm³/mol. The van der Waals surface area contributed by atoms with E-state index >= 15 is 0 Å². The molecular weight excluding hydrogens is 486 g/mol. The Bertz CT molecular complexity index is 1040. The van der Waals surface area contributed by atoms with Crippen LogP contribution in [0.3, 0.4) is 0 Å². The maximum absolute atomic E-state index is 13.3. The summed E-state index contributed by atoms with van der Waals surface area (Å²) in [5, 5.41) is 1.27. The van der Waals surface area contributed by atoms with Crippen molar-refractivity contribution in [3.8, 4) is 0 Å². The fraction of sp³-hybridized carbons (Fsp3) is 0.600. The average molecular weight is 525 g/mol. The van der Waals surface area contributed by atoms with E-state index in [0.717, 1.165) is 16.6 Å². The van der Waals surface area contributed by atoms with E-state index in [1.165, 1.54) is 0 Å². The first-order chi connectivity index (χ1) is 14.7. The van der Waals surface area contributed by atoms with Gasteiger partial charge in [-0.15, -0.1) is 0 Å². The lowest BCUT2D eigenvalue weighted by Gasteiger charge is -2.38. The van der Waals surface area contributed by atoms with Crippen molar-refractivity contribution >= 4 is 41.1 Å². The second-order valence-corrected chi connectivity index (χ2v) is 15.7. The van der Waals surface area contributed by atoms with Crippen molar-refractivity contribution in [1.29, 1.82) is 0 Å². The molecule has 1 heterocycles. The van der Waals surface area contributed by atoms with Crippen LogP contribution in [0.2, 0.25) is 18.1 Å². The number of aryl methyl sites for hydroxylation is 1. The molecule has 1 aromatic carbocycles. The smallest absolute Gasteiger partial charge is 0.343 e. The van der Waals surface area contributed by atoms with Crippen LogP contribution in [0.4, 0.5) is 0 Å². The lowest BCUT2D eigenvalue weighted by atomic mass is 10.00. The third kappa shape index (κ3) is 5.54. The van der Waals surface area contributed by atoms with Crippen molar-refractivity contribution in [1.82, 2.24) is 4.57 Å². The van der Waals surface area contributed by atoms with Crippen molar-refractivity contribution in [2.45, 2.75) is 78.0 Å². The third-order valence-corrected chi connectivity index (χ3v) is 11.8. The second kappa shape index (κ2) is 10.2. The standard InChI is InChI=1S/C25H38BrNO4Si/c1-10-30-24(29)20-14-27(21-11-17(4)18(13-26)12-19(21)23(20)28)22(16(2)3)15-31-32(8,9)25(5,6)7/h11-12,14,16,22H,10,13,15H2,1-9H3/t22-/m1/s1. The summed E-state index contributed by atoms with van der Waals surface area (Å²) in [6.45, 7) is 20.0. The highest BCUT2D eigenvalue weighted by atomic mass is 79.9. The van der Waals surface area contributed by atoms with E-state index in [0.29, 0.717) is 17.3 Å². The number of hydrogen-bond acceptors (Lipinski definition) is 4. The van der Waals surface area contributed by atoms with Crippen molar-refractivity contribution in [3.63, 3.8) is 0 Å². The van der Waals surface area contributed by atoms with Crippen LogP contribution < -0.4 is 5.43 Å². The summed E-state index contributed by atoms with van der Waals surface area (Å²) < 4.78 is 13.9. The quantitative estimate of drug-likeness (QED) is 0.222. The van der Waals surface area contributed by atoms with Crippen LogP contribution in [0.15, 0.2) is 23.1 Å². The Hall–Kier alpha value is -1.44. The number of nitrogens with zero attached hydrogens (tertiary/aromatic N) is 1. The molecule has 0 N–H and O–H groups in total. The normalized spacial score (nSPS) is 13.6. The summed E-state index contributed by atoms with van der Waals surface area (Å²) in [5.74, 6) is -0.349. The molecule has 178 valence electrons. The van der Waals surface area contributed by atoms with Gasteiger partial charge in [-0.25, -0.2) is 4.79 Å². The molecule has 5 nitrogen and oxygen atoms in total. The van der Waals surface area contributed by atoms with Gasteiger partial charge in [0.25, 0.3) is 0 Å². The van der Waals surface area contributed by atoms with Gasteiger partial charge in [-0.3, -0.25) is 4.79 Å². The monoisotopic (exact) mass is 523 g/mol. The molecule has 1 aromatic heterocycles. The van der Waals surface area contributed by atoms with Crippen LogP contribution in [-0.2, 0) is 14.5 Å². The molecule has 2 aromatic rings. The molecule has 0 fully saturated rings. The van der Waals surface area contributed by atoms with Crippen LogP contribution >= 0.6 is 15.9 Å². The fourth-order valence-electron chi connectivity index (χ4n) is 3.42. The lowest BCUT2D eigenvalue weighted by Crippen LogP contribution is -2.42. The number of esters is 1. The molecule has 0 aliphatic heterocycles. The molecule has 0 spiro atoms. The molecule has 0 aliphatic carbocycles. The van der Waals surface area contributed by atoms with Gasteiger partial charge in [0, 0.05) is 16.9 Å². The number of benzene rings is 1. The van der Waals surface area contributed by atoms with E-state index < -0.39 is 14.3 Å². The predicted octanol–water partition coefficient (Wildman–Crippen LogP) is 6.60. The van der Waals surface area contributed by atoms with Gasteiger partial charge in [0.15, 0.2) is 8.32 Å². The van der Waals surface area contributed by atoms with Gasteiger partial charge in [0.2, 0.25) is 5.43 Å². The number of aromatic nitrogens is 1. The first-order valence-electron chi connectivity index (χ1n) is 11.3. The summed E-state index contributed by atoms with van der Waals surface area (Å²) in [6, 6.07) is 3.91. The lowest BCUT2D eigenvalue weighted by molar-refractivity contribution is 0.0523. The van der Waals surface area contributed by atoms with E-state index in [2.05, 4.69) is 68.2 Å². The maximum atomic E-state index is 13.3. The van der Waals surface area contributed by atoms with Gasteiger partial charge < -0.3 is 13.7 Å². The maximum Gasteiger partial charge on any atom is 0.343 e. The van der Waals surface area contributed by atoms with Crippen molar-refractivity contribution < 1.29 is 14.0 Å². The summed E-state index contributed by atoms with van der Waals surface area (Å²) in [7, 11) is -1.97. The molecule has 0 saturated carbocycles. The zero-order valence-electron chi connectivity index (χ0n) is 21.0. The highest BCUT2D eigenvalue weighted by Crippen LogP contribution is 2.38. The van der Waals surface area contributed by atoms with Crippen LogP contribution in [0.1, 0.15) is 69.1 Å².